The van der Waals surface area contributed by atoms with Crippen molar-refractivity contribution in [3.8, 4) is 16.6 Å². The third kappa shape index (κ3) is 8.07. The number of aromatic nitrogens is 3. The number of para-hydroxylation sites is 3. The molecule has 4 aliphatic rings. The highest BCUT2D eigenvalue weighted by Crippen LogP contribution is 2.46. The molecule has 4 amide bonds. The van der Waals surface area contributed by atoms with Crippen molar-refractivity contribution in [2.75, 3.05) is 6.54 Å². The van der Waals surface area contributed by atoms with E-state index < -0.39 is 74.4 Å². The molecule has 4 heterocycles. The van der Waals surface area contributed by atoms with Crippen LogP contribution < -0.4 is 20.1 Å². The molecule has 0 bridgehead atoms. The monoisotopic (exact) mass is 851 g/mol. The number of rotatable bonds is 8. The van der Waals surface area contributed by atoms with Crippen LogP contribution in [0.25, 0.3) is 32.0 Å². The molecule has 2 aliphatic heterocycles. The summed E-state index contributed by atoms with van der Waals surface area (Å²) < 4.78 is 49.8. The second-order valence-corrected chi connectivity index (χ2v) is 18.9. The molecule has 0 unspecified atom stereocenters. The molecule has 9 rings (SSSR count). The molecule has 2 aromatic heterocycles. The molecule has 3 fully saturated rings. The molecule has 2 saturated carbocycles. The lowest BCUT2D eigenvalue weighted by molar-refractivity contribution is -0.141. The third-order valence-corrected chi connectivity index (χ3v) is 14.4. The number of sulfonamides is 1. The molecule has 60 heavy (non-hydrogen) atoms. The molecular weight excluding hydrogens is 810 g/mol. The molecule has 0 spiro atoms. The molecule has 3 aromatic carbocycles. The minimum Gasteiger partial charge on any atom is -0.471 e. The van der Waals surface area contributed by atoms with Gasteiger partial charge in [-0.3, -0.25) is 23.9 Å². The third-order valence-electron chi connectivity index (χ3n) is 11.5. The van der Waals surface area contributed by atoms with Crippen LogP contribution in [0.2, 0.25) is 0 Å². The van der Waals surface area contributed by atoms with Crippen LogP contribution in [0.4, 0.5) is 4.39 Å². The van der Waals surface area contributed by atoms with Gasteiger partial charge in [0, 0.05) is 17.9 Å². The summed E-state index contributed by atoms with van der Waals surface area (Å²) in [5, 5.41) is 5.58. The lowest BCUT2D eigenvalue weighted by Crippen LogP contribution is -2.58. The zero-order valence-electron chi connectivity index (χ0n) is 32.4. The maximum Gasteiger partial charge on any atom is 0.259 e. The van der Waals surface area contributed by atoms with Gasteiger partial charge in [-0.1, -0.05) is 55.3 Å². The van der Waals surface area contributed by atoms with Crippen LogP contribution in [0.15, 0.2) is 84.9 Å². The summed E-state index contributed by atoms with van der Waals surface area (Å²) in [6, 6.07) is 17.8. The van der Waals surface area contributed by atoms with Gasteiger partial charge in [0.05, 0.1) is 33.0 Å². The van der Waals surface area contributed by atoms with Crippen LogP contribution >= 0.6 is 11.3 Å². The SMILES string of the molecule is O=C(N[C@H]1CCCCCC=C[C@@H]2C[C@@]2(C(=O)NS(=O)(=O)C2CC2)NC(=O)[C@@H]2C[C@@H](Oc3nc4ccccc4nc3-c3nc4ccccc4s3)CN2C1=O)c1cccc(F)c1. The lowest BCUT2D eigenvalue weighted by atomic mass is 10.0. The van der Waals surface area contributed by atoms with Gasteiger partial charge in [-0.25, -0.2) is 27.8 Å². The van der Waals surface area contributed by atoms with Crippen molar-refractivity contribution in [1.29, 1.82) is 0 Å². The van der Waals surface area contributed by atoms with Gasteiger partial charge in [0.25, 0.3) is 11.8 Å². The van der Waals surface area contributed by atoms with Gasteiger partial charge in [-0.15, -0.1) is 11.3 Å². The van der Waals surface area contributed by atoms with Gasteiger partial charge in [-0.2, -0.15) is 0 Å². The summed E-state index contributed by atoms with van der Waals surface area (Å²) in [5.41, 5.74) is 0.807. The molecule has 5 atom stereocenters. The predicted octanol–water partition coefficient (Wildman–Crippen LogP) is 5.20. The van der Waals surface area contributed by atoms with Crippen molar-refractivity contribution < 1.29 is 36.7 Å². The highest BCUT2D eigenvalue weighted by Gasteiger charge is 2.62. The molecule has 1 saturated heterocycles. The minimum atomic E-state index is -3.94. The van der Waals surface area contributed by atoms with Gasteiger partial charge >= 0.3 is 0 Å². The predicted molar refractivity (Wildman–Crippen MR) is 222 cm³/mol. The van der Waals surface area contributed by atoms with Crippen LogP contribution in [0.5, 0.6) is 5.88 Å². The van der Waals surface area contributed by atoms with Crippen LogP contribution in [0.1, 0.15) is 68.1 Å². The van der Waals surface area contributed by atoms with Gasteiger partial charge in [0.15, 0.2) is 5.69 Å². The summed E-state index contributed by atoms with van der Waals surface area (Å²) in [6.45, 7) is -0.102. The van der Waals surface area contributed by atoms with Crippen molar-refractivity contribution in [2.45, 2.75) is 86.8 Å². The standard InChI is InChI=1S/C43H42FN7O7S2/c44-27-13-10-11-25(21-27)37(52)46-33-17-5-3-1-2-4-12-26-23-43(26,42(55)50-60(56,57)29-19-20-29)49-38(53)34-22-28(24-51(34)41(33)54)58-39-36(45-30-14-6-7-15-31(30)47-39)40-48-32-16-8-9-18-35(32)59-40/h4,6-16,18,21,26,28-29,33-34H,1-3,5,17,19-20,22-24H2,(H,46,52)(H,49,53)(H,50,55)/t26-,28-,33+,34+,43-/m1/s1. The van der Waals surface area contributed by atoms with E-state index in [1.54, 1.807) is 6.07 Å². The number of carbonyl (C=O) groups excluding carboxylic acids is 4. The summed E-state index contributed by atoms with van der Waals surface area (Å²) >= 11 is 1.42. The Morgan fingerprint density at radius 2 is 1.68 bits per heavy atom. The Bertz CT molecular complexity index is 2640. The van der Waals surface area contributed by atoms with E-state index >= 15 is 0 Å². The van der Waals surface area contributed by atoms with Gasteiger partial charge < -0.3 is 20.3 Å². The number of fused-ring (bicyclic) bond motifs is 4. The largest absolute Gasteiger partial charge is 0.471 e. The fraction of sp³-hybridized carbons (Fsp3) is 0.372. The van der Waals surface area contributed by atoms with Crippen molar-refractivity contribution in [3.63, 3.8) is 0 Å². The number of amides is 4. The first-order valence-electron chi connectivity index (χ1n) is 20.2. The summed E-state index contributed by atoms with van der Waals surface area (Å²) in [7, 11) is -3.94. The normalized spacial score (nSPS) is 24.8. The van der Waals surface area contributed by atoms with Crippen LogP contribution in [0, 0.1) is 11.7 Å². The van der Waals surface area contributed by atoms with Crippen LogP contribution in [0.3, 0.4) is 0 Å². The molecule has 2 aliphatic carbocycles. The van der Waals surface area contributed by atoms with E-state index in [1.807, 2.05) is 54.6 Å². The zero-order chi connectivity index (χ0) is 41.6. The Morgan fingerprint density at radius 3 is 2.45 bits per heavy atom. The first-order chi connectivity index (χ1) is 29.0. The summed E-state index contributed by atoms with van der Waals surface area (Å²) in [4.78, 5) is 72.6. The van der Waals surface area contributed by atoms with Gasteiger partial charge in [-0.05, 0) is 81.0 Å². The molecular formula is C43H42FN7O7S2. The Balaban J connectivity index is 1.06. The molecule has 310 valence electrons. The van der Waals surface area contributed by atoms with Gasteiger partial charge in [0.1, 0.15) is 34.6 Å². The smallest absolute Gasteiger partial charge is 0.259 e. The zero-order valence-corrected chi connectivity index (χ0v) is 34.0. The average molecular weight is 852 g/mol. The molecule has 0 radical (unpaired) electrons. The van der Waals surface area contributed by atoms with E-state index in [1.165, 1.54) is 34.4 Å². The van der Waals surface area contributed by atoms with E-state index in [0.717, 1.165) is 22.7 Å². The summed E-state index contributed by atoms with van der Waals surface area (Å²) in [5.74, 6) is -3.63. The number of thiazole rings is 1. The van der Waals surface area contributed by atoms with E-state index in [0.29, 0.717) is 53.8 Å². The van der Waals surface area contributed by atoms with Crippen molar-refractivity contribution >= 4 is 66.2 Å². The topological polar surface area (TPSA) is 190 Å². The number of hydrogen-bond acceptors (Lipinski definition) is 11. The van der Waals surface area contributed by atoms with Crippen molar-refractivity contribution in [3.05, 3.63) is 96.3 Å². The first kappa shape index (κ1) is 39.6. The maximum absolute atomic E-state index is 14.8. The Kier molecular flexibility index (Phi) is 10.6. The second kappa shape index (κ2) is 16.0. The van der Waals surface area contributed by atoms with E-state index in [9.17, 15) is 32.0 Å². The van der Waals surface area contributed by atoms with Crippen LogP contribution in [-0.4, -0.2) is 87.4 Å². The minimum absolute atomic E-state index is 0.0332. The number of benzene rings is 3. The average Bonchev–Trinajstić information content (AvgIpc) is 4.13. The molecule has 3 N–H and O–H groups in total. The van der Waals surface area contributed by atoms with E-state index in [-0.39, 0.29) is 37.3 Å². The van der Waals surface area contributed by atoms with Crippen molar-refractivity contribution in [1.82, 2.24) is 35.2 Å². The van der Waals surface area contributed by atoms with Gasteiger partial charge in [0.2, 0.25) is 27.7 Å². The molecule has 17 heteroatoms. The number of nitrogens with one attached hydrogen (secondary N) is 3. The Labute approximate surface area is 349 Å². The Hall–Kier alpha value is -5.81. The number of ether oxygens (including phenoxy) is 1. The highest BCUT2D eigenvalue weighted by atomic mass is 32.2. The fourth-order valence-electron chi connectivity index (χ4n) is 8.06. The lowest BCUT2D eigenvalue weighted by Gasteiger charge is -2.30. The Morgan fingerprint density at radius 1 is 0.917 bits per heavy atom. The number of halogens is 1. The number of carbonyl (C=O) groups is 4. The fourth-order valence-corrected chi connectivity index (χ4v) is 10.4. The summed E-state index contributed by atoms with van der Waals surface area (Å²) in [6.07, 6.45) is 6.90. The van der Waals surface area contributed by atoms with Crippen LogP contribution in [-0.2, 0) is 24.4 Å². The molecule has 5 aromatic rings. The number of allylic oxidation sites excluding steroid dienone is 1. The number of hydrogen-bond donors (Lipinski definition) is 3. The van der Waals surface area contributed by atoms with E-state index in [4.69, 9.17) is 19.7 Å². The quantitative estimate of drug-likeness (QED) is 0.175. The second-order valence-electron chi connectivity index (χ2n) is 15.9. The maximum atomic E-state index is 14.8. The van der Waals surface area contributed by atoms with E-state index in [2.05, 4.69) is 15.4 Å². The van der Waals surface area contributed by atoms with Crippen molar-refractivity contribution in [2.24, 2.45) is 5.92 Å². The number of nitrogens with zero attached hydrogens (tertiary/aromatic N) is 4. The highest BCUT2D eigenvalue weighted by molar-refractivity contribution is 7.91. The molecule has 14 nitrogen and oxygen atoms in total. The first-order valence-corrected chi connectivity index (χ1v) is 22.5.